The van der Waals surface area contributed by atoms with Gasteiger partial charge in [0.1, 0.15) is 0 Å². The molecule has 0 aliphatic carbocycles. The molecule has 1 unspecified atom stereocenters. The van der Waals surface area contributed by atoms with Gasteiger partial charge in [-0.2, -0.15) is 0 Å². The average Bonchev–Trinajstić information content (AvgIpc) is 2.94. The molecule has 20 heavy (non-hydrogen) atoms. The van der Waals surface area contributed by atoms with Crippen LogP contribution in [0.1, 0.15) is 23.0 Å². The second kappa shape index (κ2) is 5.83. The maximum absolute atomic E-state index is 12.2. The summed E-state index contributed by atoms with van der Waals surface area (Å²) in [7, 11) is 1.63. The third kappa shape index (κ3) is 2.85. The lowest BCUT2D eigenvalue weighted by Gasteiger charge is -2.21. The Morgan fingerprint density at radius 2 is 2.25 bits per heavy atom. The van der Waals surface area contributed by atoms with Crippen molar-refractivity contribution in [2.45, 2.75) is 19.9 Å². The predicted octanol–water partition coefficient (Wildman–Crippen LogP) is 1.03. The first-order valence-electron chi connectivity index (χ1n) is 6.40. The van der Waals surface area contributed by atoms with Crippen molar-refractivity contribution in [3.63, 3.8) is 0 Å². The first kappa shape index (κ1) is 14.2. The maximum Gasteiger partial charge on any atom is 0.276 e. The van der Waals surface area contributed by atoms with Gasteiger partial charge in [0.25, 0.3) is 5.91 Å². The molecule has 106 valence electrons. The van der Waals surface area contributed by atoms with Crippen LogP contribution in [0.3, 0.4) is 0 Å². The van der Waals surface area contributed by atoms with Crippen LogP contribution in [0, 0.1) is 6.92 Å². The van der Waals surface area contributed by atoms with E-state index in [0.29, 0.717) is 0 Å². The molecular weight excluding hydrogens is 256 g/mol. The number of aryl methyl sites for hydroxylation is 1. The van der Waals surface area contributed by atoms with Crippen LogP contribution in [0.2, 0.25) is 0 Å². The number of aliphatic hydroxyl groups is 1. The first-order valence-corrected chi connectivity index (χ1v) is 6.40. The van der Waals surface area contributed by atoms with Gasteiger partial charge in [0.15, 0.2) is 5.69 Å². The third-order valence-corrected chi connectivity index (χ3v) is 3.22. The predicted molar refractivity (Wildman–Crippen MR) is 74.7 cm³/mol. The standard InChI is InChI=1S/C14H18N4O2/c1-10-5-4-6-12(7-10)18-8-13(15-16-18)14(20)17(3)11(2)9-19/h4-8,11,19H,9H2,1-3H3. The molecule has 6 nitrogen and oxygen atoms in total. The molecule has 2 rings (SSSR count). The Hall–Kier alpha value is -2.21. The lowest BCUT2D eigenvalue weighted by molar-refractivity contribution is 0.0676. The van der Waals surface area contributed by atoms with E-state index in [9.17, 15) is 4.79 Å². The lowest BCUT2D eigenvalue weighted by atomic mass is 10.2. The molecule has 0 aliphatic rings. The van der Waals surface area contributed by atoms with Crippen molar-refractivity contribution in [1.29, 1.82) is 0 Å². The highest BCUT2D eigenvalue weighted by Crippen LogP contribution is 2.10. The van der Waals surface area contributed by atoms with Crippen molar-refractivity contribution in [2.24, 2.45) is 0 Å². The van der Waals surface area contributed by atoms with Crippen molar-refractivity contribution < 1.29 is 9.90 Å². The molecule has 2 aromatic rings. The first-order chi connectivity index (χ1) is 9.52. The number of benzene rings is 1. The maximum atomic E-state index is 12.2. The van der Waals surface area contributed by atoms with Gasteiger partial charge in [-0.1, -0.05) is 17.3 Å². The Labute approximate surface area is 117 Å². The van der Waals surface area contributed by atoms with E-state index in [-0.39, 0.29) is 24.2 Å². The minimum atomic E-state index is -0.259. The molecule has 1 amide bonds. The van der Waals surface area contributed by atoms with Crippen molar-refractivity contribution in [2.75, 3.05) is 13.7 Å². The number of amides is 1. The summed E-state index contributed by atoms with van der Waals surface area (Å²) in [6.45, 7) is 3.67. The van der Waals surface area contributed by atoms with Crippen LogP contribution < -0.4 is 0 Å². The molecule has 1 N–H and O–H groups in total. The summed E-state index contributed by atoms with van der Waals surface area (Å²) >= 11 is 0. The van der Waals surface area contributed by atoms with E-state index < -0.39 is 0 Å². The number of aromatic nitrogens is 3. The molecular formula is C14H18N4O2. The van der Waals surface area contributed by atoms with Crippen LogP contribution in [0.5, 0.6) is 0 Å². The van der Waals surface area contributed by atoms with E-state index in [4.69, 9.17) is 5.11 Å². The van der Waals surface area contributed by atoms with Gasteiger partial charge in [0.2, 0.25) is 0 Å². The fraction of sp³-hybridized carbons (Fsp3) is 0.357. The second-order valence-corrected chi connectivity index (χ2v) is 4.84. The Bertz CT molecular complexity index is 609. The summed E-state index contributed by atoms with van der Waals surface area (Å²) in [5.41, 5.74) is 2.22. The zero-order chi connectivity index (χ0) is 14.7. The van der Waals surface area contributed by atoms with Crippen molar-refractivity contribution in [3.8, 4) is 5.69 Å². The van der Waals surface area contributed by atoms with Crippen molar-refractivity contribution in [3.05, 3.63) is 41.7 Å². The fourth-order valence-electron chi connectivity index (χ4n) is 1.76. The largest absolute Gasteiger partial charge is 0.394 e. The van der Waals surface area contributed by atoms with Gasteiger partial charge in [-0.15, -0.1) is 5.10 Å². The average molecular weight is 274 g/mol. The number of rotatable bonds is 4. The normalized spacial score (nSPS) is 12.2. The van der Waals surface area contributed by atoms with Crippen LogP contribution in [0.15, 0.2) is 30.5 Å². The van der Waals surface area contributed by atoms with Gasteiger partial charge in [-0.25, -0.2) is 4.68 Å². The second-order valence-electron chi connectivity index (χ2n) is 4.84. The Morgan fingerprint density at radius 1 is 1.50 bits per heavy atom. The summed E-state index contributed by atoms with van der Waals surface area (Å²) in [6.07, 6.45) is 1.59. The van der Waals surface area contributed by atoms with E-state index in [2.05, 4.69) is 10.3 Å². The fourth-order valence-corrected chi connectivity index (χ4v) is 1.76. The van der Waals surface area contributed by atoms with Crippen LogP contribution >= 0.6 is 0 Å². The number of aliphatic hydroxyl groups excluding tert-OH is 1. The minimum Gasteiger partial charge on any atom is -0.394 e. The smallest absolute Gasteiger partial charge is 0.276 e. The number of carbonyl (C=O) groups is 1. The van der Waals surface area contributed by atoms with Crippen LogP contribution in [-0.2, 0) is 0 Å². The lowest BCUT2D eigenvalue weighted by Crippen LogP contribution is -2.37. The zero-order valence-electron chi connectivity index (χ0n) is 11.8. The van der Waals surface area contributed by atoms with E-state index in [1.54, 1.807) is 24.9 Å². The molecule has 0 aliphatic heterocycles. The zero-order valence-corrected chi connectivity index (χ0v) is 11.8. The minimum absolute atomic E-state index is 0.0890. The Morgan fingerprint density at radius 3 is 2.90 bits per heavy atom. The molecule has 0 bridgehead atoms. The van der Waals surface area contributed by atoms with Crippen molar-refractivity contribution >= 4 is 5.91 Å². The number of hydrogen-bond acceptors (Lipinski definition) is 4. The quantitative estimate of drug-likeness (QED) is 0.904. The molecule has 0 saturated carbocycles. The van der Waals surface area contributed by atoms with E-state index >= 15 is 0 Å². The molecule has 1 atom stereocenters. The number of carbonyl (C=O) groups excluding carboxylic acids is 1. The SMILES string of the molecule is Cc1cccc(-n2cc(C(=O)N(C)C(C)CO)nn2)c1. The highest BCUT2D eigenvalue weighted by Gasteiger charge is 2.20. The number of nitrogens with zero attached hydrogens (tertiary/aromatic N) is 4. The summed E-state index contributed by atoms with van der Waals surface area (Å²) in [5.74, 6) is -0.259. The highest BCUT2D eigenvalue weighted by molar-refractivity contribution is 5.92. The van der Waals surface area contributed by atoms with Crippen LogP contribution in [-0.4, -0.2) is 50.6 Å². The summed E-state index contributed by atoms with van der Waals surface area (Å²) in [5, 5.41) is 17.0. The van der Waals surface area contributed by atoms with Gasteiger partial charge < -0.3 is 10.0 Å². The molecule has 0 spiro atoms. The van der Waals surface area contributed by atoms with E-state index in [1.807, 2.05) is 31.2 Å². The van der Waals surface area contributed by atoms with Gasteiger partial charge in [-0.3, -0.25) is 4.79 Å². The molecule has 0 saturated heterocycles. The molecule has 6 heteroatoms. The van der Waals surface area contributed by atoms with E-state index in [1.165, 1.54) is 4.90 Å². The molecule has 0 fully saturated rings. The van der Waals surface area contributed by atoms with Gasteiger partial charge in [0.05, 0.1) is 24.5 Å². The van der Waals surface area contributed by atoms with Gasteiger partial charge >= 0.3 is 0 Å². The van der Waals surface area contributed by atoms with Crippen molar-refractivity contribution in [1.82, 2.24) is 19.9 Å². The van der Waals surface area contributed by atoms with Crippen LogP contribution in [0.4, 0.5) is 0 Å². The number of likely N-dealkylation sites (N-methyl/N-ethyl adjacent to an activating group) is 1. The summed E-state index contributed by atoms with van der Waals surface area (Å²) in [4.78, 5) is 13.6. The summed E-state index contributed by atoms with van der Waals surface area (Å²) < 4.78 is 1.57. The molecule has 0 radical (unpaired) electrons. The monoisotopic (exact) mass is 274 g/mol. The topological polar surface area (TPSA) is 71.2 Å². The van der Waals surface area contributed by atoms with Gasteiger partial charge in [0, 0.05) is 7.05 Å². The highest BCUT2D eigenvalue weighted by atomic mass is 16.3. The van der Waals surface area contributed by atoms with E-state index in [0.717, 1.165) is 11.3 Å². The van der Waals surface area contributed by atoms with Crippen LogP contribution in [0.25, 0.3) is 5.69 Å². The van der Waals surface area contributed by atoms with Gasteiger partial charge in [-0.05, 0) is 31.5 Å². The third-order valence-electron chi connectivity index (χ3n) is 3.22. The Kier molecular flexibility index (Phi) is 4.14. The summed E-state index contributed by atoms with van der Waals surface area (Å²) in [6, 6.07) is 7.52. The molecule has 1 aromatic carbocycles. The number of hydrogen-bond donors (Lipinski definition) is 1. The molecule has 1 heterocycles. The molecule has 1 aromatic heterocycles. The Balaban J connectivity index is 2.23.